The van der Waals surface area contributed by atoms with Gasteiger partial charge in [-0.25, -0.2) is 0 Å². The van der Waals surface area contributed by atoms with Gasteiger partial charge in [0.1, 0.15) is 5.54 Å². The van der Waals surface area contributed by atoms with Crippen LogP contribution in [0.1, 0.15) is 48.1 Å². The third-order valence-corrected chi connectivity index (χ3v) is 7.82. The summed E-state index contributed by atoms with van der Waals surface area (Å²) in [6, 6.07) is 11.7. The summed E-state index contributed by atoms with van der Waals surface area (Å²) in [7, 11) is 0. The molecule has 3 saturated heterocycles. The first-order valence-corrected chi connectivity index (χ1v) is 12.2. The molecule has 5 rings (SSSR count). The molecule has 3 heterocycles. The van der Waals surface area contributed by atoms with E-state index in [1.807, 2.05) is 31.2 Å². The zero-order chi connectivity index (χ0) is 25.8. The molecule has 3 aliphatic rings. The zero-order valence-corrected chi connectivity index (χ0v) is 20.1. The van der Waals surface area contributed by atoms with Gasteiger partial charge in [0.05, 0.1) is 17.4 Å². The largest absolute Gasteiger partial charge is 0.416 e. The minimum Gasteiger partial charge on any atom is -0.337 e. The van der Waals surface area contributed by atoms with Crippen LogP contribution in [0.25, 0.3) is 0 Å². The van der Waals surface area contributed by atoms with Gasteiger partial charge in [0.15, 0.2) is 0 Å². The summed E-state index contributed by atoms with van der Waals surface area (Å²) in [5, 5.41) is 3.32. The number of carbonyl (C=O) groups excluding carboxylic acids is 3. The van der Waals surface area contributed by atoms with E-state index < -0.39 is 35.2 Å². The minimum atomic E-state index is -4.49. The highest BCUT2D eigenvalue weighted by atomic mass is 19.4. The zero-order valence-electron chi connectivity index (χ0n) is 20.1. The van der Waals surface area contributed by atoms with Gasteiger partial charge in [-0.2, -0.15) is 13.2 Å². The SMILES string of the molecule is CCN1C(=O)[C@H]2[C@@H](c3ccc(C(F)(F)F)cc3)N[C@]3(CCCN(Cc4ccc(C)cc4)C3=O)[C@H]2C1=O. The Hall–Kier alpha value is -3.20. The van der Waals surface area contributed by atoms with E-state index in [1.54, 1.807) is 11.8 Å². The van der Waals surface area contributed by atoms with E-state index >= 15 is 0 Å². The smallest absolute Gasteiger partial charge is 0.337 e. The van der Waals surface area contributed by atoms with Gasteiger partial charge in [-0.05, 0) is 49.9 Å². The van der Waals surface area contributed by atoms with Crippen LogP contribution in [0.5, 0.6) is 0 Å². The van der Waals surface area contributed by atoms with Gasteiger partial charge in [0.2, 0.25) is 17.7 Å². The number of nitrogens with one attached hydrogen (secondary N) is 1. The van der Waals surface area contributed by atoms with Crippen molar-refractivity contribution >= 4 is 17.7 Å². The maximum absolute atomic E-state index is 14.0. The lowest BCUT2D eigenvalue weighted by atomic mass is 9.74. The summed E-state index contributed by atoms with van der Waals surface area (Å²) in [5.41, 5.74) is 0.450. The molecule has 3 aliphatic heterocycles. The number of carbonyl (C=O) groups is 3. The lowest BCUT2D eigenvalue weighted by Crippen LogP contribution is -2.63. The first kappa shape index (κ1) is 24.5. The first-order chi connectivity index (χ1) is 17.1. The van der Waals surface area contributed by atoms with E-state index in [0.717, 1.165) is 23.3 Å². The number of alkyl halides is 3. The standard InChI is InChI=1S/C27H28F3N3O3/c1-3-33-23(34)20-21(24(33)35)26(31-22(20)18-9-11-19(12-10-18)27(28,29)30)13-4-14-32(25(26)36)15-17-7-5-16(2)6-8-17/h5-12,20-22,31H,3-4,13-15H2,1-2H3/t20-,21-,22-,26-/m1/s1. The third-order valence-electron chi connectivity index (χ3n) is 7.82. The molecule has 0 saturated carbocycles. The van der Waals surface area contributed by atoms with Crippen LogP contribution in [-0.4, -0.2) is 46.1 Å². The van der Waals surface area contributed by atoms with E-state index in [0.29, 0.717) is 31.5 Å². The number of amides is 3. The molecule has 1 spiro atoms. The molecular weight excluding hydrogens is 471 g/mol. The quantitative estimate of drug-likeness (QED) is 0.650. The molecule has 0 aliphatic carbocycles. The normalized spacial score (nSPS) is 28.4. The lowest BCUT2D eigenvalue weighted by Gasteiger charge is -2.42. The van der Waals surface area contributed by atoms with Gasteiger partial charge in [-0.15, -0.1) is 0 Å². The lowest BCUT2D eigenvalue weighted by molar-refractivity contribution is -0.150. The van der Waals surface area contributed by atoms with Gasteiger partial charge in [-0.1, -0.05) is 42.0 Å². The molecule has 3 fully saturated rings. The molecule has 190 valence electrons. The van der Waals surface area contributed by atoms with Crippen molar-refractivity contribution in [2.24, 2.45) is 11.8 Å². The summed E-state index contributed by atoms with van der Waals surface area (Å²) < 4.78 is 39.4. The number of halogens is 3. The maximum Gasteiger partial charge on any atom is 0.416 e. The number of hydrogen-bond acceptors (Lipinski definition) is 4. The fourth-order valence-corrected chi connectivity index (χ4v) is 6.07. The van der Waals surface area contributed by atoms with E-state index in [4.69, 9.17) is 0 Å². The molecule has 2 aromatic rings. The summed E-state index contributed by atoms with van der Waals surface area (Å²) in [5.74, 6) is -2.76. The van der Waals surface area contributed by atoms with Crippen LogP contribution in [0.4, 0.5) is 13.2 Å². The van der Waals surface area contributed by atoms with Crippen molar-refractivity contribution in [2.45, 2.75) is 51.0 Å². The van der Waals surface area contributed by atoms with Gasteiger partial charge in [0.25, 0.3) is 0 Å². The highest BCUT2D eigenvalue weighted by molar-refractivity contribution is 6.10. The number of likely N-dealkylation sites (tertiary alicyclic amines) is 2. The van der Waals surface area contributed by atoms with E-state index in [-0.39, 0.29) is 24.3 Å². The van der Waals surface area contributed by atoms with Crippen LogP contribution in [0.3, 0.4) is 0 Å². The number of rotatable bonds is 4. The van der Waals surface area contributed by atoms with Crippen molar-refractivity contribution in [1.82, 2.24) is 15.1 Å². The Morgan fingerprint density at radius 3 is 2.28 bits per heavy atom. The average molecular weight is 500 g/mol. The highest BCUT2D eigenvalue weighted by Crippen LogP contribution is 2.52. The Kier molecular flexibility index (Phi) is 5.94. The number of imide groups is 1. The van der Waals surface area contributed by atoms with E-state index in [1.165, 1.54) is 17.0 Å². The van der Waals surface area contributed by atoms with Crippen LogP contribution in [0.2, 0.25) is 0 Å². The molecule has 1 N–H and O–H groups in total. The molecule has 9 heteroatoms. The van der Waals surface area contributed by atoms with E-state index in [9.17, 15) is 27.6 Å². The average Bonchev–Trinajstić information content (AvgIpc) is 3.31. The molecule has 3 amide bonds. The van der Waals surface area contributed by atoms with Crippen LogP contribution in [0, 0.1) is 18.8 Å². The Labute approximate surface area is 207 Å². The molecule has 6 nitrogen and oxygen atoms in total. The Morgan fingerprint density at radius 1 is 1.00 bits per heavy atom. The molecule has 0 unspecified atom stereocenters. The summed E-state index contributed by atoms with van der Waals surface area (Å²) in [6.45, 7) is 4.78. The monoisotopic (exact) mass is 499 g/mol. The maximum atomic E-state index is 14.0. The van der Waals surface area contributed by atoms with Crippen molar-refractivity contribution < 1.29 is 27.6 Å². The Balaban J connectivity index is 1.52. The fraction of sp³-hybridized carbons (Fsp3) is 0.444. The second kappa shape index (κ2) is 8.73. The van der Waals surface area contributed by atoms with Gasteiger partial charge >= 0.3 is 6.18 Å². The van der Waals surface area contributed by atoms with Crippen molar-refractivity contribution in [3.05, 3.63) is 70.8 Å². The van der Waals surface area contributed by atoms with Crippen LogP contribution in [-0.2, 0) is 27.1 Å². The first-order valence-electron chi connectivity index (χ1n) is 12.2. The van der Waals surface area contributed by atoms with Gasteiger partial charge in [-0.3, -0.25) is 24.6 Å². The predicted octanol–water partition coefficient (Wildman–Crippen LogP) is 3.84. The van der Waals surface area contributed by atoms with Crippen molar-refractivity contribution in [3.63, 3.8) is 0 Å². The minimum absolute atomic E-state index is 0.182. The van der Waals surface area contributed by atoms with Crippen LogP contribution < -0.4 is 5.32 Å². The van der Waals surface area contributed by atoms with Gasteiger partial charge < -0.3 is 4.90 Å². The third kappa shape index (κ3) is 3.80. The van der Waals surface area contributed by atoms with Crippen LogP contribution in [0.15, 0.2) is 48.5 Å². The molecule has 0 aromatic heterocycles. The Bertz CT molecular complexity index is 1200. The molecule has 4 atom stereocenters. The fourth-order valence-electron chi connectivity index (χ4n) is 6.07. The topological polar surface area (TPSA) is 69.7 Å². The van der Waals surface area contributed by atoms with Crippen LogP contribution >= 0.6 is 0 Å². The number of nitrogens with zero attached hydrogens (tertiary/aromatic N) is 2. The van der Waals surface area contributed by atoms with Gasteiger partial charge in [0, 0.05) is 25.7 Å². The molecular formula is C27H28F3N3O3. The second-order valence-corrected chi connectivity index (χ2v) is 9.95. The molecule has 0 bridgehead atoms. The highest BCUT2D eigenvalue weighted by Gasteiger charge is 2.68. The summed E-state index contributed by atoms with van der Waals surface area (Å²) >= 11 is 0. The number of hydrogen-bond donors (Lipinski definition) is 1. The predicted molar refractivity (Wildman–Crippen MR) is 125 cm³/mol. The molecule has 0 radical (unpaired) electrons. The summed E-state index contributed by atoms with van der Waals surface area (Å²) in [4.78, 5) is 43.7. The number of aryl methyl sites for hydroxylation is 1. The number of benzene rings is 2. The van der Waals surface area contributed by atoms with E-state index in [2.05, 4.69) is 5.32 Å². The Morgan fingerprint density at radius 2 is 1.67 bits per heavy atom. The second-order valence-electron chi connectivity index (χ2n) is 9.95. The summed E-state index contributed by atoms with van der Waals surface area (Å²) in [6.07, 6.45) is -3.47. The number of piperidine rings is 1. The van der Waals surface area contributed by atoms with Crippen molar-refractivity contribution in [1.29, 1.82) is 0 Å². The number of fused-ring (bicyclic) bond motifs is 2. The van der Waals surface area contributed by atoms with Crippen molar-refractivity contribution in [3.8, 4) is 0 Å². The van der Waals surface area contributed by atoms with Crippen molar-refractivity contribution in [2.75, 3.05) is 13.1 Å². The molecule has 36 heavy (non-hydrogen) atoms. The molecule has 2 aromatic carbocycles.